The first-order chi connectivity index (χ1) is 6.31. The van der Waals surface area contributed by atoms with E-state index in [0.29, 0.717) is 6.42 Å². The highest BCUT2D eigenvalue weighted by Gasteiger charge is 2.27. The molecule has 0 heterocycles. The molecule has 0 radical (unpaired) electrons. The van der Waals surface area contributed by atoms with Crippen LogP contribution in [0.25, 0.3) is 0 Å². The molecular weight excluding hydrogens is 162 g/mol. The summed E-state index contributed by atoms with van der Waals surface area (Å²) in [4.78, 5) is 0. The van der Waals surface area contributed by atoms with Crippen LogP contribution in [0.5, 0.6) is 0 Å². The van der Waals surface area contributed by atoms with Crippen molar-refractivity contribution in [2.75, 3.05) is 0 Å². The van der Waals surface area contributed by atoms with Gasteiger partial charge in [0.2, 0.25) is 0 Å². The van der Waals surface area contributed by atoms with Crippen molar-refractivity contribution in [2.24, 2.45) is 17.8 Å². The maximum atomic E-state index is 8.82. The number of nitrogens with zero attached hydrogens (tertiary/aromatic N) is 3. The number of nitriles is 3. The van der Waals surface area contributed by atoms with Crippen LogP contribution in [0.1, 0.15) is 25.7 Å². The van der Waals surface area contributed by atoms with Gasteiger partial charge < -0.3 is 0 Å². The third kappa shape index (κ3) is 2.20. The maximum absolute atomic E-state index is 8.82. The molecule has 3 nitrogen and oxygen atoms in total. The van der Waals surface area contributed by atoms with Crippen molar-refractivity contribution in [3.8, 4) is 18.2 Å². The molecule has 0 N–H and O–H groups in total. The average molecular weight is 173 g/mol. The van der Waals surface area contributed by atoms with Gasteiger partial charge in [-0.1, -0.05) is 6.42 Å². The number of rotatable bonds is 0. The summed E-state index contributed by atoms with van der Waals surface area (Å²) in [5.41, 5.74) is 0. The van der Waals surface area contributed by atoms with Gasteiger partial charge in [-0.2, -0.15) is 15.8 Å². The Kier molecular flexibility index (Phi) is 3.30. The molecule has 1 aliphatic rings. The number of hydrogen-bond donors (Lipinski definition) is 0. The Hall–Kier alpha value is -1.53. The molecule has 3 unspecified atom stereocenters. The molecule has 0 saturated heterocycles. The van der Waals surface area contributed by atoms with Crippen LogP contribution in [0.3, 0.4) is 0 Å². The van der Waals surface area contributed by atoms with E-state index in [1.807, 2.05) is 0 Å². The predicted octanol–water partition coefficient (Wildman–Crippen LogP) is 1.98. The summed E-state index contributed by atoms with van der Waals surface area (Å²) >= 11 is 0. The first kappa shape index (κ1) is 9.56. The Morgan fingerprint density at radius 3 is 2.08 bits per heavy atom. The standard InChI is InChI=1S/C10H11N3/c11-5-8-2-1-3-9(6-12)10(4-8)7-13/h8-10H,1-4H2. The fraction of sp³-hybridized carbons (Fsp3) is 0.700. The van der Waals surface area contributed by atoms with Gasteiger partial charge >= 0.3 is 0 Å². The molecule has 1 rings (SSSR count). The SMILES string of the molecule is N#CC1CCCC(C#N)C(C#N)C1. The van der Waals surface area contributed by atoms with Crippen LogP contribution >= 0.6 is 0 Å². The van der Waals surface area contributed by atoms with E-state index in [-0.39, 0.29) is 17.8 Å². The van der Waals surface area contributed by atoms with E-state index in [1.165, 1.54) is 0 Å². The smallest absolute Gasteiger partial charge is 0.0670 e. The van der Waals surface area contributed by atoms with Crippen LogP contribution in [0, 0.1) is 51.7 Å². The predicted molar refractivity (Wildman–Crippen MR) is 45.8 cm³/mol. The molecule has 1 aliphatic carbocycles. The highest BCUT2D eigenvalue weighted by molar-refractivity contribution is 5.02. The Bertz CT molecular complexity index is 289. The normalized spacial score (nSPS) is 33.5. The van der Waals surface area contributed by atoms with E-state index < -0.39 is 0 Å². The van der Waals surface area contributed by atoms with Crippen molar-refractivity contribution in [1.82, 2.24) is 0 Å². The van der Waals surface area contributed by atoms with E-state index in [2.05, 4.69) is 18.2 Å². The van der Waals surface area contributed by atoms with Crippen molar-refractivity contribution in [3.05, 3.63) is 0 Å². The van der Waals surface area contributed by atoms with Crippen molar-refractivity contribution in [3.63, 3.8) is 0 Å². The lowest BCUT2D eigenvalue weighted by atomic mass is 9.88. The van der Waals surface area contributed by atoms with E-state index in [4.69, 9.17) is 15.8 Å². The second-order valence-corrected chi connectivity index (χ2v) is 3.46. The molecule has 0 amide bonds. The van der Waals surface area contributed by atoms with Crippen LogP contribution in [0.2, 0.25) is 0 Å². The monoisotopic (exact) mass is 173 g/mol. The molecular formula is C10H11N3. The molecule has 0 spiro atoms. The molecule has 0 bridgehead atoms. The minimum Gasteiger partial charge on any atom is -0.198 e. The third-order valence-corrected chi connectivity index (χ3v) is 2.61. The Balaban J connectivity index is 2.71. The minimum atomic E-state index is -0.239. The summed E-state index contributed by atoms with van der Waals surface area (Å²) in [6, 6.07) is 6.49. The van der Waals surface area contributed by atoms with Crippen LogP contribution in [-0.4, -0.2) is 0 Å². The average Bonchev–Trinajstić information content (AvgIpc) is 2.38. The highest BCUT2D eigenvalue weighted by Crippen LogP contribution is 2.31. The fourth-order valence-electron chi connectivity index (χ4n) is 1.79. The molecule has 0 aromatic rings. The van der Waals surface area contributed by atoms with E-state index in [9.17, 15) is 0 Å². The van der Waals surface area contributed by atoms with Crippen molar-refractivity contribution < 1.29 is 0 Å². The topological polar surface area (TPSA) is 71.4 Å². The van der Waals surface area contributed by atoms with Gasteiger partial charge in [0.1, 0.15) is 0 Å². The molecule has 13 heavy (non-hydrogen) atoms. The molecule has 3 heteroatoms. The Morgan fingerprint density at radius 1 is 0.846 bits per heavy atom. The van der Waals surface area contributed by atoms with Crippen LogP contribution in [0.15, 0.2) is 0 Å². The second-order valence-electron chi connectivity index (χ2n) is 3.46. The van der Waals surface area contributed by atoms with Crippen LogP contribution in [0.4, 0.5) is 0 Å². The summed E-state index contributed by atoms with van der Waals surface area (Å²) in [5, 5.41) is 26.4. The van der Waals surface area contributed by atoms with Gasteiger partial charge in [0.25, 0.3) is 0 Å². The lowest BCUT2D eigenvalue weighted by Crippen LogP contribution is -2.11. The van der Waals surface area contributed by atoms with Crippen LogP contribution in [-0.2, 0) is 0 Å². The number of hydrogen-bond acceptors (Lipinski definition) is 3. The molecule has 1 fully saturated rings. The molecule has 0 aliphatic heterocycles. The zero-order chi connectivity index (χ0) is 9.68. The van der Waals surface area contributed by atoms with Gasteiger partial charge in [0, 0.05) is 5.92 Å². The lowest BCUT2D eigenvalue weighted by Gasteiger charge is -2.10. The second kappa shape index (κ2) is 4.48. The fourth-order valence-corrected chi connectivity index (χ4v) is 1.79. The molecule has 0 aromatic carbocycles. The largest absolute Gasteiger partial charge is 0.198 e. The lowest BCUT2D eigenvalue weighted by molar-refractivity contribution is 0.446. The molecule has 0 aromatic heterocycles. The van der Waals surface area contributed by atoms with Crippen molar-refractivity contribution >= 4 is 0 Å². The van der Waals surface area contributed by atoms with Crippen molar-refractivity contribution in [2.45, 2.75) is 25.7 Å². The Labute approximate surface area is 78.2 Å². The summed E-state index contributed by atoms with van der Waals surface area (Å²) in [5.74, 6) is -0.427. The maximum Gasteiger partial charge on any atom is 0.0670 e. The first-order valence-corrected chi connectivity index (χ1v) is 4.50. The van der Waals surface area contributed by atoms with Gasteiger partial charge in [-0.3, -0.25) is 0 Å². The summed E-state index contributed by atoms with van der Waals surface area (Å²) in [7, 11) is 0. The van der Waals surface area contributed by atoms with Crippen molar-refractivity contribution in [1.29, 1.82) is 15.8 Å². The van der Waals surface area contributed by atoms with E-state index in [1.54, 1.807) is 0 Å². The Morgan fingerprint density at radius 2 is 1.54 bits per heavy atom. The molecule has 1 saturated carbocycles. The third-order valence-electron chi connectivity index (χ3n) is 2.61. The molecule has 66 valence electrons. The van der Waals surface area contributed by atoms with Gasteiger partial charge in [-0.05, 0) is 19.3 Å². The van der Waals surface area contributed by atoms with Gasteiger partial charge in [0.05, 0.1) is 30.0 Å². The summed E-state index contributed by atoms with van der Waals surface area (Å²) in [6.45, 7) is 0. The quantitative estimate of drug-likeness (QED) is 0.526. The van der Waals surface area contributed by atoms with Gasteiger partial charge in [-0.25, -0.2) is 0 Å². The summed E-state index contributed by atoms with van der Waals surface area (Å²) < 4.78 is 0. The van der Waals surface area contributed by atoms with E-state index >= 15 is 0 Å². The molecule has 3 atom stereocenters. The highest BCUT2D eigenvalue weighted by atomic mass is 14.4. The van der Waals surface area contributed by atoms with Crippen LogP contribution < -0.4 is 0 Å². The summed E-state index contributed by atoms with van der Waals surface area (Å²) in [6.07, 6.45) is 3.08. The van der Waals surface area contributed by atoms with E-state index in [0.717, 1.165) is 19.3 Å². The van der Waals surface area contributed by atoms with Gasteiger partial charge in [0.15, 0.2) is 0 Å². The zero-order valence-electron chi connectivity index (χ0n) is 7.40. The zero-order valence-corrected chi connectivity index (χ0v) is 7.40. The minimum absolute atomic E-state index is 0.0250. The first-order valence-electron chi connectivity index (χ1n) is 4.50. The van der Waals surface area contributed by atoms with Gasteiger partial charge in [-0.15, -0.1) is 0 Å².